The Hall–Kier alpha value is -2.37. The lowest BCUT2D eigenvalue weighted by atomic mass is 9.82. The van der Waals surface area contributed by atoms with Crippen LogP contribution in [-0.2, 0) is 30.3 Å². The fraction of sp³-hybridized carbons (Fsp3) is 0.667. The zero-order chi connectivity index (χ0) is 29.6. The van der Waals surface area contributed by atoms with Gasteiger partial charge in [-0.2, -0.15) is 13.2 Å². The zero-order valence-corrected chi connectivity index (χ0v) is 23.8. The number of nitrogens with zero attached hydrogens (tertiary/aromatic N) is 1. The van der Waals surface area contributed by atoms with Crippen molar-refractivity contribution in [3.8, 4) is 0 Å². The third-order valence-electron chi connectivity index (χ3n) is 6.55. The standard InChI is InChI=1S/C27H39ClF3N3O5/c1-17(39-25(2,3)4)22(32)23(36)33-26(14-18-7-9-20(28)10-8-18)11-6-12-34(16-26)24(37)19(13-21(35)38-5)15-27(29,30)31/h7-10,17,19,22H,6,11-16,32H2,1-5H3,(H,33,36)/t17-,19-,22-,26+/m0/s1. The topological polar surface area (TPSA) is 111 Å². The van der Waals surface area contributed by atoms with Gasteiger partial charge in [-0.15, -0.1) is 0 Å². The molecule has 1 aliphatic heterocycles. The summed E-state index contributed by atoms with van der Waals surface area (Å²) in [7, 11) is 1.05. The second-order valence-electron chi connectivity index (χ2n) is 11.2. The second-order valence-corrected chi connectivity index (χ2v) is 11.6. The van der Waals surface area contributed by atoms with Gasteiger partial charge in [0, 0.05) is 18.1 Å². The maximum Gasteiger partial charge on any atom is 0.389 e. The van der Waals surface area contributed by atoms with Crippen molar-refractivity contribution in [2.75, 3.05) is 20.2 Å². The molecule has 1 fully saturated rings. The third kappa shape index (κ3) is 10.6. The lowest BCUT2D eigenvalue weighted by molar-refractivity contribution is -0.165. The van der Waals surface area contributed by atoms with Crippen LogP contribution in [0.15, 0.2) is 24.3 Å². The normalized spacial score (nSPS) is 20.6. The lowest BCUT2D eigenvalue weighted by Crippen LogP contribution is -2.64. The number of nitrogens with two attached hydrogens (primary N) is 1. The molecule has 1 saturated heterocycles. The number of alkyl halides is 3. The molecule has 3 N–H and O–H groups in total. The van der Waals surface area contributed by atoms with Gasteiger partial charge in [-0.25, -0.2) is 0 Å². The molecule has 12 heteroatoms. The second kappa shape index (κ2) is 13.3. The number of rotatable bonds is 10. The molecular formula is C27H39ClF3N3O5. The average molecular weight is 578 g/mol. The van der Waals surface area contributed by atoms with Crippen molar-refractivity contribution >= 4 is 29.4 Å². The lowest BCUT2D eigenvalue weighted by Gasteiger charge is -2.45. The summed E-state index contributed by atoms with van der Waals surface area (Å²) in [6.07, 6.45) is -6.30. The molecule has 1 aromatic rings. The van der Waals surface area contributed by atoms with Gasteiger partial charge in [0.15, 0.2) is 0 Å². The smallest absolute Gasteiger partial charge is 0.389 e. The number of ether oxygens (including phenoxy) is 2. The summed E-state index contributed by atoms with van der Waals surface area (Å²) in [5, 5.41) is 3.52. The molecule has 8 nitrogen and oxygen atoms in total. The molecule has 2 amide bonds. The van der Waals surface area contributed by atoms with E-state index in [0.29, 0.717) is 17.9 Å². The minimum Gasteiger partial charge on any atom is -0.469 e. The van der Waals surface area contributed by atoms with Crippen LogP contribution in [0.5, 0.6) is 0 Å². The number of esters is 1. The molecule has 0 bridgehead atoms. The van der Waals surface area contributed by atoms with E-state index in [0.717, 1.165) is 12.7 Å². The minimum absolute atomic E-state index is 0.0586. The Balaban J connectivity index is 2.35. The first-order chi connectivity index (χ1) is 17.9. The average Bonchev–Trinajstić information content (AvgIpc) is 2.82. The van der Waals surface area contributed by atoms with Gasteiger partial charge < -0.3 is 25.4 Å². The Morgan fingerprint density at radius 3 is 2.33 bits per heavy atom. The summed E-state index contributed by atoms with van der Waals surface area (Å²) in [6, 6.07) is 5.92. The monoisotopic (exact) mass is 577 g/mol. The highest BCUT2D eigenvalue weighted by atomic mass is 35.5. The molecule has 0 aromatic heterocycles. The summed E-state index contributed by atoms with van der Waals surface area (Å²) < 4.78 is 50.3. The number of carbonyl (C=O) groups is 3. The summed E-state index contributed by atoms with van der Waals surface area (Å²) in [6.45, 7) is 7.33. The SMILES string of the molecule is COC(=O)C[C@@H](CC(F)(F)F)C(=O)N1CCC[C@](Cc2ccc(Cl)cc2)(NC(=O)[C@@H](N)[C@H](C)OC(C)(C)C)C1. The van der Waals surface area contributed by atoms with E-state index in [1.165, 1.54) is 4.90 Å². The van der Waals surface area contributed by atoms with Crippen molar-refractivity contribution in [3.63, 3.8) is 0 Å². The van der Waals surface area contributed by atoms with Gasteiger partial charge in [0.05, 0.1) is 43.1 Å². The van der Waals surface area contributed by atoms with Crippen LogP contribution in [0.3, 0.4) is 0 Å². The Morgan fingerprint density at radius 1 is 1.18 bits per heavy atom. The van der Waals surface area contributed by atoms with E-state index in [2.05, 4.69) is 10.1 Å². The van der Waals surface area contributed by atoms with Crippen molar-refractivity contribution in [1.82, 2.24) is 10.2 Å². The maximum atomic E-state index is 13.3. The third-order valence-corrected chi connectivity index (χ3v) is 6.80. The Labute approximate surface area is 232 Å². The molecule has 39 heavy (non-hydrogen) atoms. The molecule has 0 saturated carbocycles. The quantitative estimate of drug-likeness (QED) is 0.406. The Kier molecular flexibility index (Phi) is 11.2. The Bertz CT molecular complexity index is 1000. The maximum absolute atomic E-state index is 13.3. The van der Waals surface area contributed by atoms with E-state index in [4.69, 9.17) is 22.1 Å². The van der Waals surface area contributed by atoms with Crippen LogP contribution in [0, 0.1) is 5.92 Å². The summed E-state index contributed by atoms with van der Waals surface area (Å²) in [5.41, 5.74) is 5.47. The van der Waals surface area contributed by atoms with Gasteiger partial charge in [0.25, 0.3) is 0 Å². The summed E-state index contributed by atoms with van der Waals surface area (Å²) in [5.74, 6) is -3.87. The number of methoxy groups -OCH3 is 1. The van der Waals surface area contributed by atoms with Crippen LogP contribution < -0.4 is 11.1 Å². The number of halogens is 4. The predicted octanol–water partition coefficient (Wildman–Crippen LogP) is 4.02. The first-order valence-electron chi connectivity index (χ1n) is 12.9. The minimum atomic E-state index is -4.66. The van der Waals surface area contributed by atoms with Crippen LogP contribution in [0.2, 0.25) is 5.02 Å². The van der Waals surface area contributed by atoms with Crippen molar-refractivity contribution in [1.29, 1.82) is 0 Å². The van der Waals surface area contributed by atoms with E-state index in [1.54, 1.807) is 31.2 Å². The number of benzene rings is 1. The van der Waals surface area contributed by atoms with Crippen LogP contribution in [-0.4, -0.2) is 72.3 Å². The summed E-state index contributed by atoms with van der Waals surface area (Å²) in [4.78, 5) is 39.8. The number of hydrogen-bond donors (Lipinski definition) is 2. The highest BCUT2D eigenvalue weighted by Crippen LogP contribution is 2.32. The van der Waals surface area contributed by atoms with Gasteiger partial charge in [-0.3, -0.25) is 14.4 Å². The van der Waals surface area contributed by atoms with E-state index in [-0.39, 0.29) is 19.5 Å². The van der Waals surface area contributed by atoms with Crippen LogP contribution in [0.4, 0.5) is 13.2 Å². The van der Waals surface area contributed by atoms with Gasteiger partial charge in [-0.1, -0.05) is 23.7 Å². The number of amides is 2. The number of piperidine rings is 1. The van der Waals surface area contributed by atoms with Gasteiger partial charge in [-0.05, 0) is 64.7 Å². The number of carbonyl (C=O) groups excluding carboxylic acids is 3. The van der Waals surface area contributed by atoms with E-state index in [9.17, 15) is 27.6 Å². The van der Waals surface area contributed by atoms with Crippen LogP contribution in [0.25, 0.3) is 0 Å². The first kappa shape index (κ1) is 32.8. The number of nitrogens with one attached hydrogen (secondary N) is 1. The molecule has 1 heterocycles. The molecule has 0 spiro atoms. The zero-order valence-electron chi connectivity index (χ0n) is 23.1. The van der Waals surface area contributed by atoms with E-state index in [1.807, 2.05) is 20.8 Å². The predicted molar refractivity (Wildman–Crippen MR) is 141 cm³/mol. The number of likely N-dealkylation sites (tertiary alicyclic amines) is 1. The highest BCUT2D eigenvalue weighted by molar-refractivity contribution is 6.30. The van der Waals surface area contributed by atoms with Crippen molar-refractivity contribution in [3.05, 3.63) is 34.9 Å². The van der Waals surface area contributed by atoms with E-state index >= 15 is 0 Å². The molecule has 4 atom stereocenters. The van der Waals surface area contributed by atoms with Gasteiger partial charge in [0.2, 0.25) is 11.8 Å². The summed E-state index contributed by atoms with van der Waals surface area (Å²) >= 11 is 6.03. The molecule has 2 rings (SSSR count). The van der Waals surface area contributed by atoms with E-state index < -0.39 is 66.0 Å². The molecular weight excluding hydrogens is 539 g/mol. The molecule has 1 aliphatic rings. The Morgan fingerprint density at radius 2 is 1.79 bits per heavy atom. The van der Waals surface area contributed by atoms with Crippen LogP contribution in [0.1, 0.15) is 58.9 Å². The molecule has 220 valence electrons. The molecule has 0 aliphatic carbocycles. The van der Waals surface area contributed by atoms with Gasteiger partial charge >= 0.3 is 12.1 Å². The molecule has 1 aromatic carbocycles. The largest absolute Gasteiger partial charge is 0.469 e. The first-order valence-corrected chi connectivity index (χ1v) is 13.2. The molecule has 0 radical (unpaired) electrons. The van der Waals surface area contributed by atoms with Crippen LogP contribution >= 0.6 is 11.6 Å². The van der Waals surface area contributed by atoms with Crippen molar-refractivity contribution in [2.24, 2.45) is 11.7 Å². The fourth-order valence-electron chi connectivity index (χ4n) is 4.86. The highest BCUT2D eigenvalue weighted by Gasteiger charge is 2.44. The molecule has 0 unspecified atom stereocenters. The van der Waals surface area contributed by atoms with Crippen molar-refractivity contribution < 1.29 is 37.0 Å². The van der Waals surface area contributed by atoms with Gasteiger partial charge in [0.1, 0.15) is 6.04 Å². The fourth-order valence-corrected chi connectivity index (χ4v) is 4.99. The van der Waals surface area contributed by atoms with Crippen molar-refractivity contribution in [2.45, 2.75) is 89.3 Å². The number of hydrogen-bond acceptors (Lipinski definition) is 6.